The summed E-state index contributed by atoms with van der Waals surface area (Å²) in [5.74, 6) is -0.975. The second kappa shape index (κ2) is 11.5. The number of halogens is 2. The van der Waals surface area contributed by atoms with Gasteiger partial charge < -0.3 is 24.4 Å². The van der Waals surface area contributed by atoms with Gasteiger partial charge in [0, 0.05) is 32.1 Å². The number of amides is 1. The molecule has 0 bridgehead atoms. The molecule has 168 valence electrons. The fourth-order valence-corrected chi connectivity index (χ4v) is 3.35. The van der Waals surface area contributed by atoms with Crippen molar-refractivity contribution in [1.29, 1.82) is 0 Å². The summed E-state index contributed by atoms with van der Waals surface area (Å²) in [6.07, 6.45) is 0.719. The average molecular weight is 434 g/mol. The SMILES string of the molecule is CC[C@@H]1CNCCN1C(=O)OCc1c(F)ccc(OCCCOc2ccccc2)c1F. The highest BCUT2D eigenvalue weighted by Crippen LogP contribution is 2.24. The molecule has 1 aliphatic rings. The van der Waals surface area contributed by atoms with Crippen LogP contribution >= 0.6 is 0 Å². The number of carbonyl (C=O) groups is 1. The van der Waals surface area contributed by atoms with E-state index in [4.69, 9.17) is 14.2 Å². The quantitative estimate of drug-likeness (QED) is 0.602. The zero-order chi connectivity index (χ0) is 22.1. The topological polar surface area (TPSA) is 60.0 Å². The molecule has 1 aliphatic heterocycles. The van der Waals surface area contributed by atoms with Gasteiger partial charge in [-0.3, -0.25) is 0 Å². The molecule has 2 aromatic carbocycles. The van der Waals surface area contributed by atoms with Crippen LogP contribution in [-0.4, -0.2) is 49.9 Å². The van der Waals surface area contributed by atoms with E-state index in [2.05, 4.69) is 5.32 Å². The van der Waals surface area contributed by atoms with Crippen LogP contribution < -0.4 is 14.8 Å². The molecule has 0 spiro atoms. The summed E-state index contributed by atoms with van der Waals surface area (Å²) in [5, 5.41) is 3.21. The lowest BCUT2D eigenvalue weighted by molar-refractivity contribution is 0.0697. The van der Waals surface area contributed by atoms with Gasteiger partial charge in [0.2, 0.25) is 0 Å². The van der Waals surface area contributed by atoms with Crippen molar-refractivity contribution in [2.45, 2.75) is 32.4 Å². The third-order valence-corrected chi connectivity index (χ3v) is 5.10. The lowest BCUT2D eigenvalue weighted by atomic mass is 10.1. The minimum absolute atomic E-state index is 0.00344. The zero-order valence-corrected chi connectivity index (χ0v) is 17.6. The van der Waals surface area contributed by atoms with Gasteiger partial charge in [-0.15, -0.1) is 0 Å². The standard InChI is InChI=1S/C23H28F2N2O4/c1-2-17-15-26-11-12-27(17)23(28)31-16-19-20(24)9-10-21(22(19)25)30-14-6-13-29-18-7-4-3-5-8-18/h3-5,7-10,17,26H,2,6,11-16H2,1H3/t17-/m1/s1. The van der Waals surface area contributed by atoms with Gasteiger partial charge in [-0.1, -0.05) is 25.1 Å². The molecule has 0 aliphatic carbocycles. The highest BCUT2D eigenvalue weighted by atomic mass is 19.1. The zero-order valence-electron chi connectivity index (χ0n) is 17.6. The molecule has 1 fully saturated rings. The monoisotopic (exact) mass is 434 g/mol. The number of carbonyl (C=O) groups excluding carboxylic acids is 1. The maximum Gasteiger partial charge on any atom is 0.410 e. The molecule has 3 rings (SSSR count). The van der Waals surface area contributed by atoms with E-state index < -0.39 is 24.3 Å². The molecule has 1 amide bonds. The summed E-state index contributed by atoms with van der Waals surface area (Å²) in [6.45, 7) is 3.91. The van der Waals surface area contributed by atoms with Gasteiger partial charge in [0.25, 0.3) is 0 Å². The van der Waals surface area contributed by atoms with Gasteiger partial charge in [-0.2, -0.15) is 0 Å². The Bertz CT molecular complexity index is 851. The van der Waals surface area contributed by atoms with Crippen LogP contribution in [0.4, 0.5) is 13.6 Å². The van der Waals surface area contributed by atoms with Crippen LogP contribution in [0.3, 0.4) is 0 Å². The highest BCUT2D eigenvalue weighted by Gasteiger charge is 2.27. The molecule has 0 saturated carbocycles. The maximum absolute atomic E-state index is 14.7. The number of nitrogens with one attached hydrogen (secondary N) is 1. The first-order valence-corrected chi connectivity index (χ1v) is 10.5. The Morgan fingerprint density at radius 3 is 2.68 bits per heavy atom. The molecular formula is C23H28F2N2O4. The van der Waals surface area contributed by atoms with E-state index in [0.29, 0.717) is 32.7 Å². The van der Waals surface area contributed by atoms with Crippen LogP contribution in [-0.2, 0) is 11.3 Å². The smallest absolute Gasteiger partial charge is 0.410 e. The van der Waals surface area contributed by atoms with Crippen molar-refractivity contribution < 1.29 is 27.8 Å². The third-order valence-electron chi connectivity index (χ3n) is 5.10. The second-order valence-corrected chi connectivity index (χ2v) is 7.22. The molecule has 2 aromatic rings. The molecule has 0 radical (unpaired) electrons. The summed E-state index contributed by atoms with van der Waals surface area (Å²) < 4.78 is 45.1. The Labute approximate surface area is 181 Å². The first-order chi connectivity index (χ1) is 15.1. The first kappa shape index (κ1) is 22.8. The number of para-hydroxylation sites is 1. The lowest BCUT2D eigenvalue weighted by Gasteiger charge is -2.34. The summed E-state index contributed by atoms with van der Waals surface area (Å²) in [4.78, 5) is 14.0. The van der Waals surface area contributed by atoms with Gasteiger partial charge in [-0.25, -0.2) is 13.6 Å². The predicted octanol–water partition coefficient (Wildman–Crippen LogP) is 4.13. The van der Waals surface area contributed by atoms with Crippen molar-refractivity contribution >= 4 is 6.09 Å². The number of rotatable bonds is 9. The van der Waals surface area contributed by atoms with Gasteiger partial charge in [0.1, 0.15) is 18.2 Å². The van der Waals surface area contributed by atoms with Crippen LogP contribution in [0.1, 0.15) is 25.3 Å². The molecule has 1 saturated heterocycles. The molecule has 6 nitrogen and oxygen atoms in total. The van der Waals surface area contributed by atoms with Crippen molar-refractivity contribution in [2.75, 3.05) is 32.8 Å². The number of benzene rings is 2. The minimum atomic E-state index is -0.857. The van der Waals surface area contributed by atoms with Crippen LogP contribution in [0.2, 0.25) is 0 Å². The van der Waals surface area contributed by atoms with Crippen molar-refractivity contribution in [1.82, 2.24) is 10.2 Å². The number of hydrogen-bond donors (Lipinski definition) is 1. The maximum atomic E-state index is 14.7. The van der Waals surface area contributed by atoms with Crippen molar-refractivity contribution in [3.05, 3.63) is 59.7 Å². The molecule has 1 heterocycles. The summed E-state index contributed by atoms with van der Waals surface area (Å²) >= 11 is 0. The molecule has 1 atom stereocenters. The number of hydrogen-bond acceptors (Lipinski definition) is 5. The Morgan fingerprint density at radius 2 is 1.90 bits per heavy atom. The normalized spacial score (nSPS) is 16.1. The van der Waals surface area contributed by atoms with E-state index in [1.165, 1.54) is 6.07 Å². The molecule has 0 aromatic heterocycles. The number of ether oxygens (including phenoxy) is 3. The van der Waals surface area contributed by atoms with Crippen LogP contribution in [0, 0.1) is 11.6 Å². The van der Waals surface area contributed by atoms with E-state index >= 15 is 0 Å². The van der Waals surface area contributed by atoms with Crippen LogP contribution in [0.5, 0.6) is 11.5 Å². The Morgan fingerprint density at radius 1 is 1.13 bits per heavy atom. The van der Waals surface area contributed by atoms with E-state index in [1.54, 1.807) is 4.90 Å². The molecule has 8 heteroatoms. The Hall–Kier alpha value is -2.87. The number of nitrogens with zero attached hydrogens (tertiary/aromatic N) is 1. The van der Waals surface area contributed by atoms with E-state index in [0.717, 1.165) is 18.2 Å². The molecule has 0 unspecified atom stereocenters. The van der Waals surface area contributed by atoms with Gasteiger partial charge in [-0.05, 0) is 30.7 Å². The van der Waals surface area contributed by atoms with Crippen LogP contribution in [0.15, 0.2) is 42.5 Å². The second-order valence-electron chi connectivity index (χ2n) is 7.22. The summed E-state index contributed by atoms with van der Waals surface area (Å²) in [6, 6.07) is 11.7. The van der Waals surface area contributed by atoms with Crippen molar-refractivity contribution in [2.24, 2.45) is 0 Å². The molecule has 31 heavy (non-hydrogen) atoms. The van der Waals surface area contributed by atoms with Crippen molar-refractivity contribution in [3.8, 4) is 11.5 Å². The molecular weight excluding hydrogens is 406 g/mol. The summed E-state index contributed by atoms with van der Waals surface area (Å²) in [7, 11) is 0. The first-order valence-electron chi connectivity index (χ1n) is 10.5. The minimum Gasteiger partial charge on any atom is -0.493 e. The van der Waals surface area contributed by atoms with Gasteiger partial charge >= 0.3 is 6.09 Å². The highest BCUT2D eigenvalue weighted by molar-refractivity contribution is 5.68. The van der Waals surface area contributed by atoms with E-state index in [-0.39, 0.29) is 24.0 Å². The fraction of sp³-hybridized carbons (Fsp3) is 0.435. The fourth-order valence-electron chi connectivity index (χ4n) is 3.35. The van der Waals surface area contributed by atoms with E-state index in [9.17, 15) is 13.6 Å². The lowest BCUT2D eigenvalue weighted by Crippen LogP contribution is -2.53. The van der Waals surface area contributed by atoms with Gasteiger partial charge in [0.05, 0.1) is 18.8 Å². The van der Waals surface area contributed by atoms with Crippen molar-refractivity contribution in [3.63, 3.8) is 0 Å². The number of piperazine rings is 1. The Balaban J connectivity index is 1.50. The Kier molecular flexibility index (Phi) is 8.46. The molecule has 1 N–H and O–H groups in total. The largest absolute Gasteiger partial charge is 0.493 e. The van der Waals surface area contributed by atoms with E-state index in [1.807, 2.05) is 37.3 Å². The average Bonchev–Trinajstić information content (AvgIpc) is 2.80. The van der Waals surface area contributed by atoms with Crippen LogP contribution in [0.25, 0.3) is 0 Å². The third kappa shape index (κ3) is 6.30. The summed E-state index contributed by atoms with van der Waals surface area (Å²) in [5.41, 5.74) is -0.324. The predicted molar refractivity (Wildman–Crippen MR) is 112 cm³/mol. The van der Waals surface area contributed by atoms with Gasteiger partial charge in [0.15, 0.2) is 11.6 Å².